The summed E-state index contributed by atoms with van der Waals surface area (Å²) in [5.74, 6) is 0. The van der Waals surface area contributed by atoms with Crippen molar-refractivity contribution in [1.29, 1.82) is 0 Å². The summed E-state index contributed by atoms with van der Waals surface area (Å²) in [4.78, 5) is 0. The molecule has 0 N–H and O–H groups in total. The van der Waals surface area contributed by atoms with Crippen LogP contribution in [0.4, 0.5) is 0 Å². The summed E-state index contributed by atoms with van der Waals surface area (Å²) in [5.41, 5.74) is 0. The van der Waals surface area contributed by atoms with Gasteiger partial charge in [-0.3, -0.25) is 0 Å². The van der Waals surface area contributed by atoms with Crippen molar-refractivity contribution in [1.82, 2.24) is 8.61 Å². The Morgan fingerprint density at radius 3 is 1.47 bits per heavy atom. The van der Waals surface area contributed by atoms with E-state index in [1.165, 1.54) is 0 Å². The lowest BCUT2D eigenvalue weighted by Gasteiger charge is -2.27. The molecule has 6 nitrogen and oxygen atoms in total. The van der Waals surface area contributed by atoms with Gasteiger partial charge in [0.15, 0.2) is 0 Å². The predicted octanol–water partition coefficient (Wildman–Crippen LogP) is 0.192. The first kappa shape index (κ1) is 13.9. The standard InChI is InChI=1S/C8H16N2O4S3/c11-17(12,15-9-1-5-13-6-2-9)16-10-3-7-14-8-4-10/h1-8H2. The van der Waals surface area contributed by atoms with Crippen LogP contribution in [0.25, 0.3) is 0 Å². The van der Waals surface area contributed by atoms with Crippen molar-refractivity contribution < 1.29 is 17.9 Å². The number of ether oxygens (including phenoxy) is 2. The maximum Gasteiger partial charge on any atom is 0.282 e. The average molecular weight is 300 g/mol. The van der Waals surface area contributed by atoms with Crippen molar-refractivity contribution in [2.75, 3.05) is 52.6 Å². The van der Waals surface area contributed by atoms with Gasteiger partial charge in [-0.05, 0) is 0 Å². The lowest BCUT2D eigenvalue weighted by molar-refractivity contribution is 0.0776. The molecule has 100 valence electrons. The summed E-state index contributed by atoms with van der Waals surface area (Å²) in [7, 11) is -1.36. The monoisotopic (exact) mass is 300 g/mol. The minimum absolute atomic E-state index is 0.602. The second-order valence-electron chi connectivity index (χ2n) is 3.64. The van der Waals surface area contributed by atoms with E-state index < -0.39 is 7.90 Å². The van der Waals surface area contributed by atoms with Gasteiger partial charge in [0.2, 0.25) is 0 Å². The number of hydrogen-bond donors (Lipinski definition) is 0. The minimum Gasteiger partial charge on any atom is -0.379 e. The topological polar surface area (TPSA) is 59.1 Å². The molecule has 17 heavy (non-hydrogen) atoms. The third kappa shape index (κ3) is 4.93. The van der Waals surface area contributed by atoms with E-state index in [1.54, 1.807) is 0 Å². The normalized spacial score (nSPS) is 24.9. The summed E-state index contributed by atoms with van der Waals surface area (Å²) in [6, 6.07) is 0. The van der Waals surface area contributed by atoms with E-state index in [9.17, 15) is 8.42 Å². The predicted molar refractivity (Wildman–Crippen MR) is 68.9 cm³/mol. The average Bonchev–Trinajstić information content (AvgIpc) is 2.30. The first-order valence-electron chi connectivity index (χ1n) is 5.45. The fourth-order valence-corrected chi connectivity index (χ4v) is 6.97. The van der Waals surface area contributed by atoms with Crippen molar-refractivity contribution in [3.63, 3.8) is 0 Å². The summed E-state index contributed by atoms with van der Waals surface area (Å²) in [6.07, 6.45) is 0. The van der Waals surface area contributed by atoms with Crippen molar-refractivity contribution >= 4 is 29.9 Å². The van der Waals surface area contributed by atoms with E-state index >= 15 is 0 Å². The number of morpholine rings is 2. The van der Waals surface area contributed by atoms with E-state index in [-0.39, 0.29) is 0 Å². The lowest BCUT2D eigenvalue weighted by Crippen LogP contribution is -2.34. The molecule has 0 spiro atoms. The van der Waals surface area contributed by atoms with Crippen LogP contribution in [0.1, 0.15) is 0 Å². The highest BCUT2D eigenvalue weighted by Crippen LogP contribution is 2.32. The molecular formula is C8H16N2O4S3. The number of nitrogens with zero attached hydrogens (tertiary/aromatic N) is 2. The smallest absolute Gasteiger partial charge is 0.282 e. The molecule has 0 radical (unpaired) electrons. The zero-order chi connectivity index (χ0) is 12.1. The summed E-state index contributed by atoms with van der Waals surface area (Å²) in [5, 5.41) is 0. The van der Waals surface area contributed by atoms with E-state index in [2.05, 4.69) is 0 Å². The van der Waals surface area contributed by atoms with Gasteiger partial charge in [0.05, 0.1) is 48.4 Å². The Morgan fingerprint density at radius 2 is 1.12 bits per heavy atom. The molecule has 0 bridgehead atoms. The van der Waals surface area contributed by atoms with Gasteiger partial charge in [0.1, 0.15) is 0 Å². The molecule has 2 rings (SSSR count). The molecule has 0 saturated carbocycles. The van der Waals surface area contributed by atoms with Crippen LogP contribution in [0, 0.1) is 0 Å². The van der Waals surface area contributed by atoms with Gasteiger partial charge in [0.25, 0.3) is 7.90 Å². The molecule has 9 heteroatoms. The highest BCUT2D eigenvalue weighted by atomic mass is 33.5. The van der Waals surface area contributed by atoms with Crippen molar-refractivity contribution in [3.8, 4) is 0 Å². The molecule has 0 aromatic carbocycles. The number of rotatable bonds is 4. The highest BCUT2D eigenvalue weighted by molar-refractivity contribution is 9.03. The Kier molecular flexibility index (Phi) is 5.40. The highest BCUT2D eigenvalue weighted by Gasteiger charge is 2.25. The number of hydrogen-bond acceptors (Lipinski definition) is 8. The van der Waals surface area contributed by atoms with Gasteiger partial charge in [-0.1, -0.05) is 0 Å². The fraction of sp³-hybridized carbons (Fsp3) is 1.00. The molecule has 0 aromatic rings. The zero-order valence-electron chi connectivity index (χ0n) is 9.41. The summed E-state index contributed by atoms with van der Waals surface area (Å²) >= 11 is 0. The molecule has 2 heterocycles. The van der Waals surface area contributed by atoms with Crippen LogP contribution in [0.15, 0.2) is 0 Å². The SMILES string of the molecule is O=S(=O)(SN1CCOCC1)SN1CCOCC1. The Morgan fingerprint density at radius 1 is 0.765 bits per heavy atom. The van der Waals surface area contributed by atoms with Gasteiger partial charge >= 0.3 is 0 Å². The molecular weight excluding hydrogens is 284 g/mol. The fourth-order valence-electron chi connectivity index (χ4n) is 1.51. The molecule has 2 aliphatic heterocycles. The van der Waals surface area contributed by atoms with Gasteiger partial charge < -0.3 is 9.47 Å². The first-order chi connectivity index (χ1) is 8.16. The van der Waals surface area contributed by atoms with Crippen molar-refractivity contribution in [2.24, 2.45) is 0 Å². The Hall–Kier alpha value is 0.490. The third-order valence-corrected chi connectivity index (χ3v) is 7.31. The van der Waals surface area contributed by atoms with Crippen LogP contribution < -0.4 is 0 Å². The molecule has 2 fully saturated rings. The zero-order valence-corrected chi connectivity index (χ0v) is 11.9. The molecule has 0 aliphatic carbocycles. The van der Waals surface area contributed by atoms with Gasteiger partial charge in [-0.25, -0.2) is 17.0 Å². The minimum atomic E-state index is -3.21. The molecule has 2 aliphatic rings. The largest absolute Gasteiger partial charge is 0.379 e. The second-order valence-corrected chi connectivity index (χ2v) is 9.95. The third-order valence-electron chi connectivity index (χ3n) is 2.33. The van der Waals surface area contributed by atoms with Gasteiger partial charge in [-0.15, -0.1) is 0 Å². The van der Waals surface area contributed by atoms with Gasteiger partial charge in [-0.2, -0.15) is 0 Å². The van der Waals surface area contributed by atoms with Crippen LogP contribution in [-0.2, 0) is 17.4 Å². The van der Waals surface area contributed by atoms with Crippen LogP contribution in [0.5, 0.6) is 0 Å². The second kappa shape index (κ2) is 6.60. The maximum absolute atomic E-state index is 11.9. The van der Waals surface area contributed by atoms with Crippen molar-refractivity contribution in [3.05, 3.63) is 0 Å². The van der Waals surface area contributed by atoms with E-state index in [1.807, 2.05) is 8.61 Å². The van der Waals surface area contributed by atoms with Crippen LogP contribution >= 0.6 is 22.0 Å². The Balaban J connectivity index is 1.80. The van der Waals surface area contributed by atoms with E-state index in [0.29, 0.717) is 52.6 Å². The quantitative estimate of drug-likeness (QED) is 0.539. The first-order valence-corrected chi connectivity index (χ1v) is 9.52. The maximum atomic E-state index is 11.9. The summed E-state index contributed by atoms with van der Waals surface area (Å²) < 4.78 is 37.9. The molecule has 2 saturated heterocycles. The molecule has 0 unspecified atom stereocenters. The van der Waals surface area contributed by atoms with Crippen LogP contribution in [0.2, 0.25) is 0 Å². The van der Waals surface area contributed by atoms with Gasteiger partial charge in [0, 0.05) is 26.2 Å². The Labute approximate surface area is 109 Å². The summed E-state index contributed by atoms with van der Waals surface area (Å²) in [6.45, 7) is 5.05. The van der Waals surface area contributed by atoms with Crippen LogP contribution in [-0.4, -0.2) is 69.6 Å². The van der Waals surface area contributed by atoms with Crippen LogP contribution in [0.3, 0.4) is 0 Å². The molecule has 0 atom stereocenters. The van der Waals surface area contributed by atoms with E-state index in [4.69, 9.17) is 9.47 Å². The molecule has 0 amide bonds. The molecule has 0 aromatic heterocycles. The van der Waals surface area contributed by atoms with Crippen molar-refractivity contribution in [2.45, 2.75) is 0 Å². The Bertz CT molecular complexity index is 300. The van der Waals surface area contributed by atoms with E-state index in [0.717, 1.165) is 22.0 Å². The lowest BCUT2D eigenvalue weighted by atomic mass is 10.5.